The van der Waals surface area contributed by atoms with Crippen LogP contribution in [0.1, 0.15) is 243 Å². The Morgan fingerprint density at radius 2 is 0.494 bits per heavy atom. The van der Waals surface area contributed by atoms with E-state index in [9.17, 15) is 0 Å². The van der Waals surface area contributed by atoms with Gasteiger partial charge in [-0.3, -0.25) is 15.0 Å². The minimum absolute atomic E-state index is 1.07. The van der Waals surface area contributed by atoms with Crippen molar-refractivity contribution in [1.82, 2.24) is 15.0 Å². The number of benzene rings is 3. The summed E-state index contributed by atoms with van der Waals surface area (Å²) in [5.74, 6) is 0. The third-order valence-corrected chi connectivity index (χ3v) is 9.15. The molecule has 83 heavy (non-hydrogen) atoms. The minimum Gasteiger partial charge on any atom is -0.265 e. The van der Waals surface area contributed by atoms with E-state index in [1.165, 1.54) is 43.1 Å². The number of aromatic nitrogens is 3. The molecular weight excluding hydrogens is 1040 g/mol. The molecule has 0 atom stereocenters. The summed E-state index contributed by atoms with van der Waals surface area (Å²) in [6.45, 7) is 74.7. The van der Waals surface area contributed by atoms with Crippen LogP contribution in [0, 0.1) is 62.3 Å². The fourth-order valence-electron chi connectivity index (χ4n) is 3.67. The smallest absolute Gasteiger partial charge is 0.0372 e. The Balaban J connectivity index is -0.0000000515. The lowest BCUT2D eigenvalue weighted by molar-refractivity contribution is 1.20. The van der Waals surface area contributed by atoms with E-state index in [-0.39, 0.29) is 0 Å². The van der Waals surface area contributed by atoms with Crippen molar-refractivity contribution < 1.29 is 0 Å². The molecule has 482 valence electrons. The fraction of sp³-hybridized carbons (Fsp3) is 0.474. The van der Waals surface area contributed by atoms with Gasteiger partial charge in [0, 0.05) is 46.4 Å². The van der Waals surface area contributed by atoms with Gasteiger partial charge in [-0.05, 0) is 138 Å². The largest absolute Gasteiger partial charge is 0.265 e. The number of rotatable bonds is 0. The van der Waals surface area contributed by atoms with Crippen LogP contribution in [-0.4, -0.2) is 15.0 Å². The number of hydrogen-bond acceptors (Lipinski definition) is 5. The molecular formula is C78H143N3S2. The molecule has 0 radical (unpaired) electrons. The molecule has 0 spiro atoms. The highest BCUT2D eigenvalue weighted by atomic mass is 32.1. The van der Waals surface area contributed by atoms with Gasteiger partial charge in [0.1, 0.15) is 0 Å². The maximum absolute atomic E-state index is 3.98. The molecule has 5 heterocycles. The Kier molecular flexibility index (Phi) is 173. The number of thiophene rings is 2. The van der Waals surface area contributed by atoms with Gasteiger partial charge in [-0.1, -0.05) is 314 Å². The van der Waals surface area contributed by atoms with Gasteiger partial charge < -0.3 is 0 Å². The molecule has 8 rings (SSSR count). The minimum atomic E-state index is 1.07. The van der Waals surface area contributed by atoms with Crippen molar-refractivity contribution >= 4 is 22.7 Å². The average Bonchev–Trinajstić information content (AvgIpc) is 4.18. The normalized spacial score (nSPS) is 6.86. The quantitative estimate of drug-likeness (QED) is 0.152. The van der Waals surface area contributed by atoms with Crippen LogP contribution in [0.5, 0.6) is 0 Å². The summed E-state index contributed by atoms with van der Waals surface area (Å²) in [6, 6.07) is 50.5. The van der Waals surface area contributed by atoms with Crippen molar-refractivity contribution in [2.75, 3.05) is 0 Å². The molecule has 0 saturated carbocycles. The maximum Gasteiger partial charge on any atom is 0.0372 e. The van der Waals surface area contributed by atoms with Gasteiger partial charge in [-0.15, -0.1) is 22.7 Å². The highest BCUT2D eigenvalue weighted by Crippen LogP contribution is 2.12. The molecule has 0 aliphatic heterocycles. The average molecular weight is 1190 g/mol. The summed E-state index contributed by atoms with van der Waals surface area (Å²) >= 11 is 3.61. The van der Waals surface area contributed by atoms with Crippen molar-refractivity contribution in [2.45, 2.75) is 256 Å². The van der Waals surface area contributed by atoms with Crippen LogP contribution in [0.3, 0.4) is 0 Å². The van der Waals surface area contributed by atoms with Crippen molar-refractivity contribution in [3.05, 3.63) is 242 Å². The van der Waals surface area contributed by atoms with Gasteiger partial charge in [0.25, 0.3) is 0 Å². The van der Waals surface area contributed by atoms with Gasteiger partial charge in [-0.2, -0.15) is 0 Å². The SMILES string of the molecule is CC.CC.CC.CC.CC.CC.CC.CC.CC.CC.CC.CC.CC.CC.Cc1ccccc1.Cc1ccccc1.Cc1ccccn1.Cc1cccnc1.Cc1ccncc1.Cc1ccsc1C.Cc1ccsc1C.c1ccccc1. The first-order valence-electron chi connectivity index (χ1n) is 32.2. The standard InChI is InChI=1S/2C7H8.3C6H7N.2C6H8S.C6H6.14C2H6/c2*1-7-5-3-2-4-6-7;1-6-2-4-7-5-3-6;1-6-3-2-4-7-5-6;1-6-4-2-3-5-7-6;2*1-5-3-4-7-6(5)2;1-2-4-6-5-3-1;14*1-2/h2*2-6H,1H3;3*2-5H,1H3;2*3-4H,1-2H3;1-6H;14*1-2H3. The Morgan fingerprint density at radius 3 is 0.614 bits per heavy atom. The van der Waals surface area contributed by atoms with Gasteiger partial charge in [0.05, 0.1) is 0 Å². The molecule has 5 aromatic heterocycles. The zero-order valence-electron chi connectivity index (χ0n) is 62.1. The second-order valence-electron chi connectivity index (χ2n) is 12.3. The number of nitrogens with zero attached hydrogens (tertiary/aromatic N) is 3. The lowest BCUT2D eigenvalue weighted by atomic mass is 10.2. The molecule has 3 aromatic carbocycles. The van der Waals surface area contributed by atoms with Crippen molar-refractivity contribution in [3.8, 4) is 0 Å². The molecule has 5 heteroatoms. The summed E-state index contributed by atoms with van der Waals surface area (Å²) in [5, 5.41) is 4.23. The van der Waals surface area contributed by atoms with E-state index in [0.29, 0.717) is 0 Å². The molecule has 0 aliphatic carbocycles. The Hall–Kier alpha value is -5.49. The fourth-order valence-corrected chi connectivity index (χ4v) is 5.13. The summed E-state index contributed by atoms with van der Waals surface area (Å²) in [4.78, 5) is 14.6. The third-order valence-electron chi connectivity index (χ3n) is 7.25. The van der Waals surface area contributed by atoms with E-state index in [0.717, 1.165) is 5.69 Å². The van der Waals surface area contributed by atoms with E-state index in [1.807, 2.05) is 336 Å². The Labute approximate surface area is 532 Å². The van der Waals surface area contributed by atoms with E-state index in [2.05, 4.69) is 104 Å². The van der Waals surface area contributed by atoms with Crippen molar-refractivity contribution in [3.63, 3.8) is 0 Å². The number of pyridine rings is 3. The molecule has 8 aromatic rings. The first-order valence-corrected chi connectivity index (χ1v) is 34.0. The van der Waals surface area contributed by atoms with Crippen LogP contribution in [0.4, 0.5) is 0 Å². The van der Waals surface area contributed by atoms with Crippen LogP contribution in [0.2, 0.25) is 0 Å². The third kappa shape index (κ3) is 116. The zero-order valence-corrected chi connectivity index (χ0v) is 63.8. The summed E-state index contributed by atoms with van der Waals surface area (Å²) in [5.41, 5.74) is 9.00. The molecule has 0 N–H and O–H groups in total. The maximum atomic E-state index is 3.98. The van der Waals surface area contributed by atoms with Crippen LogP contribution in [-0.2, 0) is 0 Å². The Morgan fingerprint density at radius 1 is 0.229 bits per heavy atom. The predicted molar refractivity (Wildman–Crippen MR) is 402 cm³/mol. The van der Waals surface area contributed by atoms with E-state index in [4.69, 9.17) is 0 Å². The topological polar surface area (TPSA) is 38.7 Å². The van der Waals surface area contributed by atoms with Crippen molar-refractivity contribution in [1.29, 1.82) is 0 Å². The second-order valence-corrected chi connectivity index (χ2v) is 14.6. The molecule has 0 bridgehead atoms. The van der Waals surface area contributed by atoms with E-state index < -0.39 is 0 Å². The van der Waals surface area contributed by atoms with Crippen LogP contribution >= 0.6 is 22.7 Å². The van der Waals surface area contributed by atoms with Crippen LogP contribution < -0.4 is 0 Å². The summed E-state index contributed by atoms with van der Waals surface area (Å²) in [7, 11) is 0. The molecule has 0 fully saturated rings. The van der Waals surface area contributed by atoms with Crippen LogP contribution in [0.25, 0.3) is 0 Å². The Bertz CT molecular complexity index is 1650. The first-order chi connectivity index (χ1) is 40.6. The molecule has 0 amide bonds. The molecule has 3 nitrogen and oxygen atoms in total. The van der Waals surface area contributed by atoms with E-state index in [1.54, 1.807) is 47.5 Å². The molecule has 0 unspecified atom stereocenters. The second kappa shape index (κ2) is 127. The molecule has 0 saturated heterocycles. The monoisotopic (exact) mass is 1190 g/mol. The van der Waals surface area contributed by atoms with Gasteiger partial charge >= 0.3 is 0 Å². The first kappa shape index (κ1) is 112. The van der Waals surface area contributed by atoms with E-state index >= 15 is 0 Å². The molecule has 0 aliphatic rings. The predicted octanol–water partition coefficient (Wildman–Crippen LogP) is 28.9. The highest BCUT2D eigenvalue weighted by Gasteiger charge is 1.88. The van der Waals surface area contributed by atoms with Crippen LogP contribution in [0.15, 0.2) is 193 Å². The summed E-state index contributed by atoms with van der Waals surface area (Å²) < 4.78 is 0. The number of aryl methyl sites for hydroxylation is 9. The highest BCUT2D eigenvalue weighted by molar-refractivity contribution is 7.10. The van der Waals surface area contributed by atoms with Crippen molar-refractivity contribution in [2.24, 2.45) is 0 Å². The lowest BCUT2D eigenvalue weighted by Gasteiger charge is -1.82. The van der Waals surface area contributed by atoms with Gasteiger partial charge in [-0.25, -0.2) is 0 Å². The van der Waals surface area contributed by atoms with Gasteiger partial charge in [0.15, 0.2) is 0 Å². The zero-order chi connectivity index (χ0) is 68.4. The number of hydrogen-bond donors (Lipinski definition) is 0. The lowest BCUT2D eigenvalue weighted by Crippen LogP contribution is -1.72. The van der Waals surface area contributed by atoms with Gasteiger partial charge in [0.2, 0.25) is 0 Å². The summed E-state index contributed by atoms with van der Waals surface area (Å²) in [6.07, 6.45) is 8.97.